The van der Waals surface area contributed by atoms with Crippen LogP contribution in [0.1, 0.15) is 12.0 Å². The summed E-state index contributed by atoms with van der Waals surface area (Å²) in [5.41, 5.74) is 2.04. The quantitative estimate of drug-likeness (QED) is 0.640. The lowest BCUT2D eigenvalue weighted by Crippen LogP contribution is -2.40. The Labute approximate surface area is 149 Å². The minimum Gasteiger partial charge on any atom is -0.367 e. The van der Waals surface area contributed by atoms with Crippen LogP contribution in [0.25, 0.3) is 0 Å². The number of anilines is 1. The third-order valence-corrected chi connectivity index (χ3v) is 6.86. The Morgan fingerprint density at radius 1 is 1.12 bits per heavy atom. The van der Waals surface area contributed by atoms with Crippen LogP contribution in [0.3, 0.4) is 0 Å². The summed E-state index contributed by atoms with van der Waals surface area (Å²) in [6, 6.07) is 5.95. The molecule has 0 radical (unpaired) electrons. The molecule has 0 aromatic heterocycles. The Morgan fingerprint density at radius 3 is 2.33 bits per heavy atom. The average molecular weight is 387 g/mol. The SMILES string of the molecule is Cc1cc(Br)ccc1NCN1C(=O)[C@H]2[C@@H]3C=C[C@@H]([C@H]4C[C@H]34)[C@@H]2C1=O. The summed E-state index contributed by atoms with van der Waals surface area (Å²) in [6.07, 6.45) is 5.62. The van der Waals surface area contributed by atoms with Crippen molar-refractivity contribution in [3.63, 3.8) is 0 Å². The predicted octanol–water partition coefficient (Wildman–Crippen LogP) is 3.18. The van der Waals surface area contributed by atoms with Crippen molar-refractivity contribution in [1.29, 1.82) is 0 Å². The normalized spacial score (nSPS) is 38.3. The Morgan fingerprint density at radius 2 is 1.75 bits per heavy atom. The lowest BCUT2D eigenvalue weighted by atomic mass is 9.63. The molecule has 24 heavy (non-hydrogen) atoms. The van der Waals surface area contributed by atoms with Gasteiger partial charge in [0.15, 0.2) is 0 Å². The van der Waals surface area contributed by atoms with Gasteiger partial charge in [0.25, 0.3) is 0 Å². The van der Waals surface area contributed by atoms with E-state index in [0.29, 0.717) is 23.7 Å². The second-order valence-electron chi connectivity index (χ2n) is 7.55. The third kappa shape index (κ3) is 1.91. The third-order valence-electron chi connectivity index (χ3n) is 6.37. The van der Waals surface area contributed by atoms with Crippen LogP contribution < -0.4 is 5.32 Å². The second kappa shape index (κ2) is 4.94. The fraction of sp³-hybridized carbons (Fsp3) is 0.474. The van der Waals surface area contributed by atoms with E-state index in [1.54, 1.807) is 0 Å². The Hall–Kier alpha value is -1.62. The van der Waals surface area contributed by atoms with E-state index < -0.39 is 0 Å². The molecule has 2 saturated carbocycles. The molecule has 5 aliphatic rings. The van der Waals surface area contributed by atoms with Gasteiger partial charge < -0.3 is 5.32 Å². The first-order valence-electron chi connectivity index (χ1n) is 8.60. The van der Waals surface area contributed by atoms with Gasteiger partial charge in [-0.25, -0.2) is 0 Å². The lowest BCUT2D eigenvalue weighted by molar-refractivity contribution is -0.139. The van der Waals surface area contributed by atoms with Crippen LogP contribution in [-0.4, -0.2) is 23.4 Å². The molecule has 124 valence electrons. The van der Waals surface area contributed by atoms with Crippen LogP contribution in [0.2, 0.25) is 0 Å². The lowest BCUT2D eigenvalue weighted by Gasteiger charge is -2.37. The smallest absolute Gasteiger partial charge is 0.235 e. The van der Waals surface area contributed by atoms with Gasteiger partial charge in [-0.1, -0.05) is 28.1 Å². The maximum Gasteiger partial charge on any atom is 0.235 e. The van der Waals surface area contributed by atoms with Crippen LogP contribution in [0, 0.1) is 42.4 Å². The number of halogens is 1. The minimum atomic E-state index is -0.107. The summed E-state index contributed by atoms with van der Waals surface area (Å²) < 4.78 is 1.02. The first-order valence-corrected chi connectivity index (χ1v) is 9.39. The summed E-state index contributed by atoms with van der Waals surface area (Å²) in [7, 11) is 0. The van der Waals surface area contributed by atoms with Crippen LogP contribution in [0.5, 0.6) is 0 Å². The molecular weight excluding hydrogens is 368 g/mol. The zero-order valence-corrected chi connectivity index (χ0v) is 15.0. The van der Waals surface area contributed by atoms with Crippen molar-refractivity contribution in [2.45, 2.75) is 13.3 Å². The summed E-state index contributed by atoms with van der Waals surface area (Å²) in [6.45, 7) is 2.28. The van der Waals surface area contributed by atoms with Gasteiger partial charge in [0, 0.05) is 10.2 Å². The van der Waals surface area contributed by atoms with Gasteiger partial charge in [0.2, 0.25) is 11.8 Å². The van der Waals surface area contributed by atoms with Crippen molar-refractivity contribution >= 4 is 33.4 Å². The molecule has 4 nitrogen and oxygen atoms in total. The molecule has 0 unspecified atom stereocenters. The number of hydrogen-bond donors (Lipinski definition) is 1. The van der Waals surface area contributed by atoms with Gasteiger partial charge in [0.1, 0.15) is 0 Å². The van der Waals surface area contributed by atoms with E-state index in [2.05, 4.69) is 33.4 Å². The van der Waals surface area contributed by atoms with E-state index in [1.807, 2.05) is 25.1 Å². The van der Waals surface area contributed by atoms with Gasteiger partial charge in [-0.05, 0) is 60.8 Å². The molecule has 1 heterocycles. The van der Waals surface area contributed by atoms with Gasteiger partial charge in [-0.3, -0.25) is 14.5 Å². The highest BCUT2D eigenvalue weighted by atomic mass is 79.9. The fourth-order valence-electron chi connectivity index (χ4n) is 5.16. The number of allylic oxidation sites excluding steroid dienone is 2. The van der Waals surface area contributed by atoms with E-state index >= 15 is 0 Å². The van der Waals surface area contributed by atoms with Gasteiger partial charge in [-0.15, -0.1) is 0 Å². The number of carbonyl (C=O) groups is 2. The molecular formula is C19H19BrN2O2. The van der Waals surface area contributed by atoms with E-state index in [1.165, 1.54) is 11.3 Å². The summed E-state index contributed by atoms with van der Waals surface area (Å²) >= 11 is 3.45. The van der Waals surface area contributed by atoms with Gasteiger partial charge >= 0.3 is 0 Å². The molecule has 5 heteroatoms. The molecule has 1 N–H and O–H groups in total. The Bertz CT molecular complexity index is 754. The zero-order chi connectivity index (χ0) is 16.6. The Kier molecular flexibility index (Phi) is 3.03. The maximum absolute atomic E-state index is 12.9. The first kappa shape index (κ1) is 14.7. The number of likely N-dealkylation sites (tertiary alicyclic amines) is 1. The van der Waals surface area contributed by atoms with Crippen molar-refractivity contribution < 1.29 is 9.59 Å². The van der Waals surface area contributed by atoms with Crippen molar-refractivity contribution in [2.24, 2.45) is 35.5 Å². The molecule has 2 amide bonds. The summed E-state index contributed by atoms with van der Waals surface area (Å²) in [5, 5.41) is 3.27. The number of carbonyl (C=O) groups excluding carboxylic acids is 2. The van der Waals surface area contributed by atoms with E-state index in [9.17, 15) is 9.59 Å². The number of benzene rings is 1. The summed E-state index contributed by atoms with van der Waals surface area (Å²) in [4.78, 5) is 27.2. The number of nitrogens with zero attached hydrogens (tertiary/aromatic N) is 1. The van der Waals surface area contributed by atoms with Gasteiger partial charge in [0.05, 0.1) is 18.5 Å². The molecule has 1 saturated heterocycles. The van der Waals surface area contributed by atoms with Crippen LogP contribution in [0.4, 0.5) is 5.69 Å². The number of amides is 2. The van der Waals surface area contributed by atoms with Crippen LogP contribution >= 0.6 is 15.9 Å². The van der Waals surface area contributed by atoms with Crippen LogP contribution in [0.15, 0.2) is 34.8 Å². The van der Waals surface area contributed by atoms with Crippen molar-refractivity contribution in [3.8, 4) is 0 Å². The second-order valence-corrected chi connectivity index (χ2v) is 8.47. The molecule has 4 aliphatic carbocycles. The molecule has 0 spiro atoms. The van der Waals surface area contributed by atoms with Crippen LogP contribution in [-0.2, 0) is 9.59 Å². The number of rotatable bonds is 3. The minimum absolute atomic E-state index is 0.0250. The number of hydrogen-bond acceptors (Lipinski definition) is 3. The zero-order valence-electron chi connectivity index (χ0n) is 13.4. The Balaban J connectivity index is 1.37. The number of aryl methyl sites for hydroxylation is 1. The molecule has 1 aliphatic heterocycles. The molecule has 6 atom stereocenters. The van der Waals surface area contributed by atoms with Crippen molar-refractivity contribution in [2.75, 3.05) is 12.0 Å². The first-order chi connectivity index (χ1) is 11.6. The summed E-state index contributed by atoms with van der Waals surface area (Å²) in [5.74, 6) is 1.73. The maximum atomic E-state index is 12.9. The largest absolute Gasteiger partial charge is 0.367 e. The topological polar surface area (TPSA) is 49.4 Å². The molecule has 1 aromatic carbocycles. The van der Waals surface area contributed by atoms with E-state index in [-0.39, 0.29) is 30.3 Å². The number of nitrogens with one attached hydrogen (secondary N) is 1. The van der Waals surface area contributed by atoms with Crippen molar-refractivity contribution in [3.05, 3.63) is 40.4 Å². The molecule has 3 fully saturated rings. The van der Waals surface area contributed by atoms with E-state index in [0.717, 1.165) is 15.7 Å². The highest BCUT2D eigenvalue weighted by Crippen LogP contribution is 2.65. The molecule has 2 bridgehead atoms. The average Bonchev–Trinajstić information content (AvgIpc) is 3.33. The predicted molar refractivity (Wildman–Crippen MR) is 93.9 cm³/mol. The monoisotopic (exact) mass is 386 g/mol. The molecule has 6 rings (SSSR count). The number of imide groups is 1. The highest BCUT2D eigenvalue weighted by Gasteiger charge is 2.66. The van der Waals surface area contributed by atoms with Crippen molar-refractivity contribution in [1.82, 2.24) is 4.90 Å². The molecule has 1 aromatic rings. The fourth-order valence-corrected chi connectivity index (χ4v) is 5.64. The highest BCUT2D eigenvalue weighted by molar-refractivity contribution is 9.10. The standard InChI is InChI=1S/C19H19BrN2O2/c1-9-6-10(20)2-5-15(9)21-8-22-18(23)16-11-3-4-12(14-7-13(11)14)17(16)19(22)24/h2-6,11-14,16-17,21H,7-8H2,1H3/t11-,12+,13-,14-,16+,17+/m1/s1. The van der Waals surface area contributed by atoms with Gasteiger partial charge in [-0.2, -0.15) is 0 Å². The van der Waals surface area contributed by atoms with E-state index in [4.69, 9.17) is 0 Å².